The fourth-order valence-electron chi connectivity index (χ4n) is 4.59. The first-order valence-corrected chi connectivity index (χ1v) is 11.5. The number of carbonyl (C=O) groups is 3. The Kier molecular flexibility index (Phi) is 6.51. The maximum absolute atomic E-state index is 13.6. The second-order valence-electron chi connectivity index (χ2n) is 9.15. The molecule has 0 aliphatic carbocycles. The summed E-state index contributed by atoms with van der Waals surface area (Å²) in [7, 11) is 0. The predicted octanol–water partition coefficient (Wildman–Crippen LogP) is 3.45. The normalized spacial score (nSPS) is 19.7. The van der Waals surface area contributed by atoms with E-state index >= 15 is 0 Å². The zero-order valence-corrected chi connectivity index (χ0v) is 19.4. The molecule has 2 fully saturated rings. The van der Waals surface area contributed by atoms with E-state index < -0.39 is 11.8 Å². The molecule has 0 radical (unpaired) electrons. The molecule has 33 heavy (non-hydrogen) atoms. The van der Waals surface area contributed by atoms with Crippen molar-refractivity contribution in [1.82, 2.24) is 9.80 Å². The summed E-state index contributed by atoms with van der Waals surface area (Å²) in [5, 5.41) is 2.93. The van der Waals surface area contributed by atoms with Crippen LogP contribution in [0.4, 0.5) is 5.69 Å². The highest BCUT2D eigenvalue weighted by Gasteiger charge is 2.54. The van der Waals surface area contributed by atoms with Gasteiger partial charge >= 0.3 is 0 Å². The van der Waals surface area contributed by atoms with Crippen molar-refractivity contribution in [3.63, 3.8) is 0 Å². The monoisotopic (exact) mass is 449 g/mol. The minimum atomic E-state index is -0.907. The molecule has 0 saturated carbocycles. The van der Waals surface area contributed by atoms with E-state index in [1.807, 2.05) is 68.1 Å². The van der Waals surface area contributed by atoms with Crippen LogP contribution in [0.2, 0.25) is 0 Å². The maximum atomic E-state index is 13.6. The lowest BCUT2D eigenvalue weighted by molar-refractivity contribution is -0.146. The summed E-state index contributed by atoms with van der Waals surface area (Å²) in [6, 6.07) is 15.8. The number of nitrogens with one attached hydrogen (secondary N) is 1. The van der Waals surface area contributed by atoms with Gasteiger partial charge in [-0.2, -0.15) is 0 Å². The third-order valence-corrected chi connectivity index (χ3v) is 6.47. The van der Waals surface area contributed by atoms with Crippen molar-refractivity contribution in [1.29, 1.82) is 0 Å². The minimum absolute atomic E-state index is 0.0846. The van der Waals surface area contributed by atoms with Crippen LogP contribution < -0.4 is 5.32 Å². The van der Waals surface area contributed by atoms with E-state index in [4.69, 9.17) is 4.74 Å². The molecular weight excluding hydrogens is 418 g/mol. The minimum Gasteiger partial charge on any atom is -0.353 e. The van der Waals surface area contributed by atoms with Crippen LogP contribution in [0.5, 0.6) is 0 Å². The molecule has 3 amide bonds. The van der Waals surface area contributed by atoms with Gasteiger partial charge in [0.05, 0.1) is 6.61 Å². The lowest BCUT2D eigenvalue weighted by Gasteiger charge is -2.44. The van der Waals surface area contributed by atoms with E-state index in [9.17, 15) is 14.4 Å². The summed E-state index contributed by atoms with van der Waals surface area (Å²) in [6.07, 6.45) is 0.941. The average molecular weight is 450 g/mol. The van der Waals surface area contributed by atoms with Crippen LogP contribution >= 0.6 is 0 Å². The van der Waals surface area contributed by atoms with Gasteiger partial charge in [-0.3, -0.25) is 19.3 Å². The van der Waals surface area contributed by atoms with Crippen LogP contribution in [0.1, 0.15) is 42.6 Å². The molecule has 0 aromatic heterocycles. The van der Waals surface area contributed by atoms with Crippen molar-refractivity contribution < 1.29 is 19.1 Å². The molecule has 2 aliphatic rings. The standard InChI is InChI=1S/C26H31N3O4/c1-18(2)24(31)28-15-13-26(14-16-28)29(25(32)20-7-5-4-6-8-20)22(17-33-26)23(30)27-21-11-9-19(3)10-12-21/h4-12,18,22H,13-17H2,1-3H3,(H,27,30). The molecule has 2 aliphatic heterocycles. The van der Waals surface area contributed by atoms with Crippen LogP contribution in [0.15, 0.2) is 54.6 Å². The van der Waals surface area contributed by atoms with Crippen molar-refractivity contribution in [3.05, 3.63) is 65.7 Å². The molecule has 0 bridgehead atoms. The van der Waals surface area contributed by atoms with Gasteiger partial charge in [0.1, 0.15) is 11.8 Å². The Morgan fingerprint density at radius 3 is 2.24 bits per heavy atom. The number of piperidine rings is 1. The van der Waals surface area contributed by atoms with E-state index in [-0.39, 0.29) is 30.2 Å². The fourth-order valence-corrected chi connectivity index (χ4v) is 4.59. The number of hydrogen-bond donors (Lipinski definition) is 1. The highest BCUT2D eigenvalue weighted by Crippen LogP contribution is 2.39. The smallest absolute Gasteiger partial charge is 0.256 e. The van der Waals surface area contributed by atoms with Crippen LogP contribution in [-0.4, -0.2) is 59.0 Å². The molecule has 174 valence electrons. The van der Waals surface area contributed by atoms with Crippen molar-refractivity contribution in [3.8, 4) is 0 Å². The Balaban J connectivity index is 1.59. The predicted molar refractivity (Wildman–Crippen MR) is 126 cm³/mol. The van der Waals surface area contributed by atoms with Gasteiger partial charge in [-0.15, -0.1) is 0 Å². The first kappa shape index (κ1) is 23.0. The Hall–Kier alpha value is -3.19. The number of carbonyl (C=O) groups excluding carboxylic acids is 3. The number of ether oxygens (including phenoxy) is 1. The van der Waals surface area contributed by atoms with Gasteiger partial charge in [0.15, 0.2) is 0 Å². The van der Waals surface area contributed by atoms with Crippen molar-refractivity contribution in [2.75, 3.05) is 25.0 Å². The maximum Gasteiger partial charge on any atom is 0.256 e. The van der Waals surface area contributed by atoms with Crippen LogP contribution in [0.3, 0.4) is 0 Å². The average Bonchev–Trinajstić information content (AvgIpc) is 3.19. The van der Waals surface area contributed by atoms with E-state index in [0.717, 1.165) is 5.56 Å². The molecule has 2 aromatic rings. The summed E-state index contributed by atoms with van der Waals surface area (Å²) in [6.45, 7) is 6.85. The molecule has 1 N–H and O–H groups in total. The SMILES string of the molecule is Cc1ccc(NC(=O)C2COC3(CCN(C(=O)C(C)C)CC3)N2C(=O)c2ccccc2)cc1. The summed E-state index contributed by atoms with van der Waals surface area (Å²) in [5.74, 6) is -0.502. The second-order valence-corrected chi connectivity index (χ2v) is 9.15. The molecule has 4 rings (SSSR count). The lowest BCUT2D eigenvalue weighted by atomic mass is 9.95. The highest BCUT2D eigenvalue weighted by molar-refractivity contribution is 6.02. The highest BCUT2D eigenvalue weighted by atomic mass is 16.5. The summed E-state index contributed by atoms with van der Waals surface area (Å²) in [5.41, 5.74) is 1.38. The van der Waals surface area contributed by atoms with Crippen molar-refractivity contribution in [2.24, 2.45) is 5.92 Å². The molecule has 2 heterocycles. The fraction of sp³-hybridized carbons (Fsp3) is 0.423. The van der Waals surface area contributed by atoms with E-state index in [1.54, 1.807) is 17.0 Å². The van der Waals surface area contributed by atoms with Crippen LogP contribution in [0, 0.1) is 12.8 Å². The van der Waals surface area contributed by atoms with Gasteiger partial charge in [0.2, 0.25) is 11.8 Å². The number of benzene rings is 2. The molecule has 2 aromatic carbocycles. The number of aryl methyl sites for hydroxylation is 1. The lowest BCUT2D eigenvalue weighted by Crippen LogP contribution is -2.59. The largest absolute Gasteiger partial charge is 0.353 e. The van der Waals surface area contributed by atoms with E-state index in [1.165, 1.54) is 0 Å². The van der Waals surface area contributed by atoms with E-state index in [0.29, 0.717) is 37.2 Å². The number of rotatable bonds is 4. The quantitative estimate of drug-likeness (QED) is 0.776. The Morgan fingerprint density at radius 2 is 1.64 bits per heavy atom. The topological polar surface area (TPSA) is 79.0 Å². The van der Waals surface area contributed by atoms with Gasteiger partial charge < -0.3 is 15.0 Å². The van der Waals surface area contributed by atoms with E-state index in [2.05, 4.69) is 5.32 Å². The van der Waals surface area contributed by atoms with Gasteiger partial charge in [-0.1, -0.05) is 49.7 Å². The number of likely N-dealkylation sites (tertiary alicyclic amines) is 1. The van der Waals surface area contributed by atoms with Gasteiger partial charge in [-0.25, -0.2) is 0 Å². The number of amides is 3. The zero-order valence-electron chi connectivity index (χ0n) is 19.4. The molecule has 1 spiro atoms. The molecular formula is C26H31N3O4. The Bertz CT molecular complexity index is 1010. The summed E-state index contributed by atoms with van der Waals surface area (Å²) >= 11 is 0. The molecule has 7 heteroatoms. The second kappa shape index (κ2) is 9.35. The molecule has 2 saturated heterocycles. The van der Waals surface area contributed by atoms with Crippen molar-refractivity contribution >= 4 is 23.4 Å². The summed E-state index contributed by atoms with van der Waals surface area (Å²) in [4.78, 5) is 42.8. The first-order valence-electron chi connectivity index (χ1n) is 11.5. The number of hydrogen-bond acceptors (Lipinski definition) is 4. The van der Waals surface area contributed by atoms with Crippen LogP contribution in [-0.2, 0) is 14.3 Å². The zero-order chi connectivity index (χ0) is 23.6. The molecule has 1 unspecified atom stereocenters. The molecule has 7 nitrogen and oxygen atoms in total. The van der Waals surface area contributed by atoms with Gasteiger partial charge in [-0.05, 0) is 31.2 Å². The number of nitrogens with zero attached hydrogens (tertiary/aromatic N) is 2. The third kappa shape index (κ3) is 4.64. The Labute approximate surface area is 194 Å². The summed E-state index contributed by atoms with van der Waals surface area (Å²) < 4.78 is 6.22. The van der Waals surface area contributed by atoms with Gasteiger partial charge in [0, 0.05) is 43.1 Å². The first-order chi connectivity index (χ1) is 15.8. The molecule has 1 atom stereocenters. The Morgan fingerprint density at radius 1 is 1.00 bits per heavy atom. The number of anilines is 1. The van der Waals surface area contributed by atoms with Gasteiger partial charge in [0.25, 0.3) is 5.91 Å². The van der Waals surface area contributed by atoms with Crippen molar-refractivity contribution in [2.45, 2.75) is 45.4 Å². The van der Waals surface area contributed by atoms with Crippen LogP contribution in [0.25, 0.3) is 0 Å². The third-order valence-electron chi connectivity index (χ3n) is 6.47.